The van der Waals surface area contributed by atoms with Crippen LogP contribution in [0.4, 0.5) is 0 Å². The molecule has 144 valence electrons. The monoisotopic (exact) mass is 371 g/mol. The summed E-state index contributed by atoms with van der Waals surface area (Å²) in [6, 6.07) is 1.83. The number of fused-ring (bicyclic) bond motifs is 1. The van der Waals surface area contributed by atoms with E-state index in [4.69, 9.17) is 0 Å². The van der Waals surface area contributed by atoms with E-state index in [0.29, 0.717) is 25.2 Å². The molecule has 2 saturated heterocycles. The lowest BCUT2D eigenvalue weighted by Crippen LogP contribution is -2.47. The number of aryl methyl sites for hydroxylation is 1. The number of aromatic nitrogens is 3. The van der Waals surface area contributed by atoms with Gasteiger partial charge in [0.2, 0.25) is 5.91 Å². The van der Waals surface area contributed by atoms with Crippen LogP contribution in [0.2, 0.25) is 0 Å². The molecule has 8 heteroatoms. The molecule has 2 fully saturated rings. The summed E-state index contributed by atoms with van der Waals surface area (Å²) in [6.07, 6.45) is 6.61. The third-order valence-corrected chi connectivity index (χ3v) is 5.64. The predicted molar refractivity (Wildman–Crippen MR) is 99.7 cm³/mol. The van der Waals surface area contributed by atoms with Crippen molar-refractivity contribution in [3.05, 3.63) is 33.9 Å². The molecule has 1 unspecified atom stereocenters. The molecular weight excluding hydrogens is 346 g/mol. The first-order chi connectivity index (χ1) is 13.0. The first kappa shape index (κ1) is 17.8. The molecule has 8 nitrogen and oxygen atoms in total. The molecule has 4 heterocycles. The maximum atomic E-state index is 13.1. The maximum Gasteiger partial charge on any atom is 0.285 e. The molecule has 0 radical (unpaired) electrons. The van der Waals surface area contributed by atoms with Gasteiger partial charge in [-0.3, -0.25) is 19.5 Å². The lowest BCUT2D eigenvalue weighted by atomic mass is 9.98. The van der Waals surface area contributed by atoms with E-state index in [1.165, 1.54) is 10.7 Å². The summed E-state index contributed by atoms with van der Waals surface area (Å²) in [5.41, 5.74) is 1.06. The highest BCUT2D eigenvalue weighted by Crippen LogP contribution is 2.22. The number of nitrogens with zero attached hydrogens (tertiary/aromatic N) is 4. The summed E-state index contributed by atoms with van der Waals surface area (Å²) in [6.45, 7) is 3.98. The molecule has 0 spiro atoms. The van der Waals surface area contributed by atoms with Gasteiger partial charge in [0.1, 0.15) is 5.56 Å². The number of carbonyl (C=O) groups is 2. The fraction of sp³-hybridized carbons (Fsp3) is 0.579. The number of likely N-dealkylation sites (tertiary alicyclic amines) is 2. The molecule has 27 heavy (non-hydrogen) atoms. The van der Waals surface area contributed by atoms with Gasteiger partial charge in [0.05, 0.1) is 0 Å². The van der Waals surface area contributed by atoms with Crippen LogP contribution in [-0.4, -0.2) is 61.9 Å². The van der Waals surface area contributed by atoms with Crippen LogP contribution in [0, 0.1) is 6.92 Å². The summed E-state index contributed by atoms with van der Waals surface area (Å²) >= 11 is 0. The summed E-state index contributed by atoms with van der Waals surface area (Å²) in [5.74, 6) is -0.0506. The van der Waals surface area contributed by atoms with Gasteiger partial charge in [-0.1, -0.05) is 0 Å². The molecule has 1 N–H and O–H groups in total. The number of nitrogens with one attached hydrogen (secondary N) is 1. The van der Waals surface area contributed by atoms with Crippen molar-refractivity contribution < 1.29 is 9.59 Å². The first-order valence-electron chi connectivity index (χ1n) is 9.71. The molecular formula is C19H25N5O3. The minimum Gasteiger partial charge on any atom is -0.343 e. The van der Waals surface area contributed by atoms with Crippen molar-refractivity contribution in [3.8, 4) is 0 Å². The fourth-order valence-corrected chi connectivity index (χ4v) is 4.20. The van der Waals surface area contributed by atoms with E-state index in [1.807, 2.05) is 16.7 Å². The Labute approximate surface area is 157 Å². The van der Waals surface area contributed by atoms with Crippen LogP contribution in [0.3, 0.4) is 0 Å². The van der Waals surface area contributed by atoms with Crippen molar-refractivity contribution >= 4 is 17.5 Å². The average Bonchev–Trinajstić information content (AvgIpc) is 3.25. The van der Waals surface area contributed by atoms with Gasteiger partial charge in [-0.2, -0.15) is 0 Å². The van der Waals surface area contributed by atoms with Crippen molar-refractivity contribution in [3.63, 3.8) is 0 Å². The first-order valence-corrected chi connectivity index (χ1v) is 9.71. The van der Waals surface area contributed by atoms with E-state index in [1.54, 1.807) is 6.07 Å². The lowest BCUT2D eigenvalue weighted by Gasteiger charge is -2.36. The Hall–Kier alpha value is -2.64. The molecule has 2 aliphatic rings. The van der Waals surface area contributed by atoms with Crippen molar-refractivity contribution in [1.29, 1.82) is 0 Å². The molecule has 0 bridgehead atoms. The number of aromatic amines is 1. The van der Waals surface area contributed by atoms with Gasteiger partial charge in [0.15, 0.2) is 5.65 Å². The second-order valence-electron chi connectivity index (χ2n) is 7.53. The number of rotatable bonds is 4. The van der Waals surface area contributed by atoms with Gasteiger partial charge in [-0.15, -0.1) is 0 Å². The zero-order chi connectivity index (χ0) is 19.0. The Morgan fingerprint density at radius 1 is 1.26 bits per heavy atom. The molecule has 2 amide bonds. The third-order valence-electron chi connectivity index (χ3n) is 5.64. The summed E-state index contributed by atoms with van der Waals surface area (Å²) in [7, 11) is 0. The van der Waals surface area contributed by atoms with Crippen molar-refractivity contribution in [2.75, 3.05) is 19.6 Å². The summed E-state index contributed by atoms with van der Waals surface area (Å²) < 4.78 is 1.32. The number of carbonyl (C=O) groups excluding carboxylic acids is 2. The molecule has 0 aliphatic carbocycles. The average molecular weight is 371 g/mol. The molecule has 2 aliphatic heterocycles. The van der Waals surface area contributed by atoms with Crippen LogP contribution in [0.5, 0.6) is 0 Å². The maximum absolute atomic E-state index is 13.1. The number of hydrogen-bond acceptors (Lipinski definition) is 4. The zero-order valence-corrected chi connectivity index (χ0v) is 15.6. The second-order valence-corrected chi connectivity index (χ2v) is 7.53. The van der Waals surface area contributed by atoms with E-state index in [2.05, 4.69) is 10.1 Å². The van der Waals surface area contributed by atoms with Crippen LogP contribution < -0.4 is 5.56 Å². The molecule has 4 rings (SSSR count). The number of H-pyrrole nitrogens is 1. The lowest BCUT2D eigenvalue weighted by molar-refractivity contribution is -0.127. The van der Waals surface area contributed by atoms with E-state index < -0.39 is 0 Å². The van der Waals surface area contributed by atoms with Gasteiger partial charge in [-0.25, -0.2) is 9.50 Å². The van der Waals surface area contributed by atoms with Crippen LogP contribution in [0.1, 0.15) is 54.6 Å². The molecule has 0 aromatic carbocycles. The summed E-state index contributed by atoms with van der Waals surface area (Å²) in [4.78, 5) is 45.7. The van der Waals surface area contributed by atoms with Gasteiger partial charge in [0, 0.05) is 50.1 Å². The number of amides is 2. The van der Waals surface area contributed by atoms with Crippen LogP contribution in [0.25, 0.3) is 5.65 Å². The number of hydrogen-bond donors (Lipinski definition) is 1. The van der Waals surface area contributed by atoms with E-state index in [9.17, 15) is 14.4 Å². The Morgan fingerprint density at radius 2 is 2.11 bits per heavy atom. The fourth-order valence-electron chi connectivity index (χ4n) is 4.20. The Bertz CT molecular complexity index is 931. The Morgan fingerprint density at radius 3 is 2.89 bits per heavy atom. The molecule has 0 saturated carbocycles. The molecule has 2 aromatic heterocycles. The Balaban J connectivity index is 1.54. The van der Waals surface area contributed by atoms with Crippen LogP contribution in [0.15, 0.2) is 17.1 Å². The van der Waals surface area contributed by atoms with Crippen molar-refractivity contribution in [1.82, 2.24) is 24.4 Å². The van der Waals surface area contributed by atoms with Crippen molar-refractivity contribution in [2.45, 2.75) is 51.5 Å². The molecule has 2 aromatic rings. The SMILES string of the molecule is Cc1cc2ncc(C(=O)N3CCCCC3CCN3CCCC3=O)c(=O)n2[nH]1. The highest BCUT2D eigenvalue weighted by atomic mass is 16.2. The molecule has 1 atom stereocenters. The largest absolute Gasteiger partial charge is 0.343 e. The second kappa shape index (κ2) is 7.17. The Kier molecular flexibility index (Phi) is 4.72. The smallest absolute Gasteiger partial charge is 0.285 e. The third kappa shape index (κ3) is 3.36. The number of piperidine rings is 1. The van der Waals surface area contributed by atoms with Crippen LogP contribution in [-0.2, 0) is 4.79 Å². The summed E-state index contributed by atoms with van der Waals surface area (Å²) in [5, 5.41) is 2.93. The van der Waals surface area contributed by atoms with Gasteiger partial charge in [-0.05, 0) is 39.0 Å². The minimum absolute atomic E-state index is 0.0603. The van der Waals surface area contributed by atoms with E-state index >= 15 is 0 Å². The minimum atomic E-state index is -0.364. The van der Waals surface area contributed by atoms with E-state index in [0.717, 1.165) is 44.3 Å². The standard InChI is InChI=1S/C19H25N5O3/c1-13-11-16-20-12-15(19(27)24(16)21-13)18(26)23-9-3-2-5-14(23)7-10-22-8-4-6-17(22)25/h11-12,14,21H,2-10H2,1H3. The normalized spacial score (nSPS) is 20.6. The van der Waals surface area contributed by atoms with Gasteiger partial charge in [0.25, 0.3) is 11.5 Å². The quantitative estimate of drug-likeness (QED) is 0.878. The topological polar surface area (TPSA) is 90.8 Å². The van der Waals surface area contributed by atoms with Gasteiger partial charge < -0.3 is 9.80 Å². The zero-order valence-electron chi connectivity index (χ0n) is 15.6. The highest BCUT2D eigenvalue weighted by molar-refractivity contribution is 5.94. The van der Waals surface area contributed by atoms with Crippen LogP contribution >= 0.6 is 0 Å². The van der Waals surface area contributed by atoms with Crippen molar-refractivity contribution in [2.24, 2.45) is 0 Å². The predicted octanol–water partition coefficient (Wildman–Crippen LogP) is 1.34. The van der Waals surface area contributed by atoms with E-state index in [-0.39, 0.29) is 29.0 Å². The highest BCUT2D eigenvalue weighted by Gasteiger charge is 2.30. The van der Waals surface area contributed by atoms with Gasteiger partial charge >= 0.3 is 0 Å².